The van der Waals surface area contributed by atoms with E-state index in [9.17, 15) is 9.59 Å². The highest BCUT2D eigenvalue weighted by Gasteiger charge is 2.11. The van der Waals surface area contributed by atoms with Crippen molar-refractivity contribution in [3.63, 3.8) is 0 Å². The number of aromatic carboxylic acids is 1. The predicted octanol–water partition coefficient (Wildman–Crippen LogP) is 3.39. The molecule has 3 rings (SSSR count). The van der Waals surface area contributed by atoms with Gasteiger partial charge in [-0.2, -0.15) is 5.10 Å². The van der Waals surface area contributed by atoms with E-state index in [4.69, 9.17) is 14.6 Å². The van der Waals surface area contributed by atoms with E-state index in [1.807, 2.05) is 30.3 Å². The van der Waals surface area contributed by atoms with Crippen molar-refractivity contribution in [2.24, 2.45) is 0 Å². The molecular formula is C20H19N3O5. The van der Waals surface area contributed by atoms with Crippen LogP contribution in [0.5, 0.6) is 5.75 Å². The van der Waals surface area contributed by atoms with Gasteiger partial charge in [-0.15, -0.1) is 0 Å². The second kappa shape index (κ2) is 8.72. The predicted molar refractivity (Wildman–Crippen MR) is 102 cm³/mol. The van der Waals surface area contributed by atoms with Crippen LogP contribution in [0.3, 0.4) is 0 Å². The number of rotatable bonds is 7. The van der Waals surface area contributed by atoms with Gasteiger partial charge in [-0.25, -0.2) is 9.59 Å². The first-order valence-electron chi connectivity index (χ1n) is 8.45. The second-order valence-electron chi connectivity index (χ2n) is 5.95. The van der Waals surface area contributed by atoms with Crippen molar-refractivity contribution in [1.82, 2.24) is 9.78 Å². The Labute approximate surface area is 161 Å². The first-order valence-corrected chi connectivity index (χ1v) is 8.45. The molecule has 0 saturated carbocycles. The molecule has 0 atom stereocenters. The van der Waals surface area contributed by atoms with E-state index in [0.29, 0.717) is 17.0 Å². The van der Waals surface area contributed by atoms with Crippen molar-refractivity contribution in [2.75, 3.05) is 12.4 Å². The van der Waals surface area contributed by atoms with Gasteiger partial charge in [0.1, 0.15) is 12.4 Å². The number of benzene rings is 2. The van der Waals surface area contributed by atoms with Gasteiger partial charge in [0.15, 0.2) is 0 Å². The normalized spacial score (nSPS) is 10.3. The van der Waals surface area contributed by atoms with E-state index < -0.39 is 12.1 Å². The Morgan fingerprint density at radius 3 is 2.68 bits per heavy atom. The number of hydrogen-bond acceptors (Lipinski definition) is 5. The van der Waals surface area contributed by atoms with Gasteiger partial charge in [-0.1, -0.05) is 30.3 Å². The number of hydrogen-bond donors (Lipinski definition) is 2. The van der Waals surface area contributed by atoms with Crippen LogP contribution in [-0.2, 0) is 17.9 Å². The molecule has 0 fully saturated rings. The van der Waals surface area contributed by atoms with Crippen LogP contribution in [0, 0.1) is 0 Å². The fourth-order valence-corrected chi connectivity index (χ4v) is 2.60. The Bertz CT molecular complexity index is 969. The highest BCUT2D eigenvalue weighted by atomic mass is 16.5. The third kappa shape index (κ3) is 4.88. The summed E-state index contributed by atoms with van der Waals surface area (Å²) in [6.45, 7) is 0.449. The number of carboxylic acids is 1. The Morgan fingerprint density at radius 2 is 1.96 bits per heavy atom. The van der Waals surface area contributed by atoms with Gasteiger partial charge in [-0.3, -0.25) is 10.00 Å². The van der Waals surface area contributed by atoms with Gasteiger partial charge in [0, 0.05) is 11.8 Å². The van der Waals surface area contributed by atoms with Crippen molar-refractivity contribution in [2.45, 2.75) is 13.2 Å². The summed E-state index contributed by atoms with van der Waals surface area (Å²) in [6.07, 6.45) is 2.52. The van der Waals surface area contributed by atoms with Gasteiger partial charge in [0.25, 0.3) is 0 Å². The van der Waals surface area contributed by atoms with E-state index in [2.05, 4.69) is 10.4 Å². The van der Waals surface area contributed by atoms with Crippen LogP contribution >= 0.6 is 0 Å². The minimum absolute atomic E-state index is 0.158. The molecule has 0 unspecified atom stereocenters. The summed E-state index contributed by atoms with van der Waals surface area (Å²) in [4.78, 5) is 23.1. The molecule has 1 amide bonds. The number of nitrogens with zero attached hydrogens (tertiary/aromatic N) is 2. The molecule has 8 nitrogen and oxygen atoms in total. The number of aromatic nitrogens is 2. The lowest BCUT2D eigenvalue weighted by atomic mass is 10.1. The summed E-state index contributed by atoms with van der Waals surface area (Å²) in [6, 6.07) is 14.0. The van der Waals surface area contributed by atoms with Crippen molar-refractivity contribution in [3.05, 3.63) is 77.6 Å². The molecule has 1 aromatic heterocycles. The molecule has 1 heterocycles. The zero-order chi connectivity index (χ0) is 19.9. The summed E-state index contributed by atoms with van der Waals surface area (Å²) in [5.74, 6) is -0.467. The number of ether oxygens (including phenoxy) is 2. The Hall–Kier alpha value is -3.81. The van der Waals surface area contributed by atoms with Crippen LogP contribution in [0.1, 0.15) is 21.5 Å². The SMILES string of the molecule is COc1ccc(C(=O)O)cc1Cn1cc(NC(=O)OCc2ccccc2)cn1. The molecule has 0 saturated heterocycles. The molecule has 8 heteroatoms. The number of amides is 1. The fraction of sp³-hybridized carbons (Fsp3) is 0.150. The minimum atomic E-state index is -1.02. The zero-order valence-corrected chi connectivity index (χ0v) is 15.2. The molecule has 0 bridgehead atoms. The molecular weight excluding hydrogens is 362 g/mol. The van der Waals surface area contributed by atoms with Gasteiger partial charge in [0.05, 0.1) is 31.1 Å². The summed E-state index contributed by atoms with van der Waals surface area (Å²) in [7, 11) is 1.51. The highest BCUT2D eigenvalue weighted by Crippen LogP contribution is 2.21. The van der Waals surface area contributed by atoms with Crippen molar-refractivity contribution >= 4 is 17.7 Å². The van der Waals surface area contributed by atoms with E-state index in [-0.39, 0.29) is 18.7 Å². The summed E-state index contributed by atoms with van der Waals surface area (Å²) >= 11 is 0. The third-order valence-electron chi connectivity index (χ3n) is 3.95. The molecule has 2 aromatic carbocycles. The summed E-state index contributed by atoms with van der Waals surface area (Å²) in [5.41, 5.74) is 2.17. The van der Waals surface area contributed by atoms with Gasteiger partial charge in [-0.05, 0) is 23.8 Å². The quantitative estimate of drug-likeness (QED) is 0.650. The molecule has 0 aliphatic heterocycles. The van der Waals surface area contributed by atoms with Gasteiger partial charge in [0.2, 0.25) is 0 Å². The first-order chi connectivity index (χ1) is 13.5. The molecule has 2 N–H and O–H groups in total. The standard InChI is InChI=1S/C20H19N3O5/c1-27-18-8-7-15(19(24)25)9-16(18)11-23-12-17(10-21-23)22-20(26)28-13-14-5-3-2-4-6-14/h2-10,12H,11,13H2,1H3,(H,22,26)(H,24,25). The number of anilines is 1. The lowest BCUT2D eigenvalue weighted by Gasteiger charge is -2.09. The van der Waals surface area contributed by atoms with Gasteiger partial charge >= 0.3 is 12.1 Å². The smallest absolute Gasteiger partial charge is 0.412 e. The maximum absolute atomic E-state index is 11.9. The second-order valence-corrected chi connectivity index (χ2v) is 5.95. The Kier molecular flexibility index (Phi) is 5.91. The lowest BCUT2D eigenvalue weighted by Crippen LogP contribution is -2.13. The monoisotopic (exact) mass is 381 g/mol. The Morgan fingerprint density at radius 1 is 1.18 bits per heavy atom. The third-order valence-corrected chi connectivity index (χ3v) is 3.95. The first kappa shape index (κ1) is 19.0. The molecule has 144 valence electrons. The number of nitrogens with one attached hydrogen (secondary N) is 1. The molecule has 28 heavy (non-hydrogen) atoms. The van der Waals surface area contributed by atoms with Crippen molar-refractivity contribution < 1.29 is 24.2 Å². The Balaban J connectivity index is 1.62. The van der Waals surface area contributed by atoms with Crippen LogP contribution in [0.15, 0.2) is 60.9 Å². The number of carboxylic acid groups (broad SMARTS) is 1. The summed E-state index contributed by atoms with van der Waals surface area (Å²) in [5, 5.41) is 15.9. The van der Waals surface area contributed by atoms with Crippen molar-refractivity contribution in [3.8, 4) is 5.75 Å². The topological polar surface area (TPSA) is 103 Å². The van der Waals surface area contributed by atoms with Crippen LogP contribution < -0.4 is 10.1 Å². The van der Waals surface area contributed by atoms with Crippen LogP contribution in [0.4, 0.5) is 10.5 Å². The summed E-state index contributed by atoms with van der Waals surface area (Å²) < 4.78 is 12.0. The van der Waals surface area contributed by atoms with Crippen LogP contribution in [0.2, 0.25) is 0 Å². The lowest BCUT2D eigenvalue weighted by molar-refractivity contribution is 0.0696. The van der Waals surface area contributed by atoms with E-state index >= 15 is 0 Å². The minimum Gasteiger partial charge on any atom is -0.496 e. The van der Waals surface area contributed by atoms with Gasteiger partial charge < -0.3 is 14.6 Å². The molecule has 0 aliphatic carbocycles. The van der Waals surface area contributed by atoms with E-state index in [1.54, 1.807) is 16.9 Å². The zero-order valence-electron chi connectivity index (χ0n) is 15.2. The number of carbonyl (C=O) groups excluding carboxylic acids is 1. The fourth-order valence-electron chi connectivity index (χ4n) is 2.60. The van der Waals surface area contributed by atoms with Crippen LogP contribution in [0.25, 0.3) is 0 Å². The molecule has 0 radical (unpaired) electrons. The highest BCUT2D eigenvalue weighted by molar-refractivity contribution is 5.88. The average molecular weight is 381 g/mol. The largest absolute Gasteiger partial charge is 0.496 e. The van der Waals surface area contributed by atoms with Crippen molar-refractivity contribution in [1.29, 1.82) is 0 Å². The van der Waals surface area contributed by atoms with E-state index in [0.717, 1.165) is 5.56 Å². The maximum Gasteiger partial charge on any atom is 0.412 e. The number of methoxy groups -OCH3 is 1. The number of carbonyl (C=O) groups is 2. The maximum atomic E-state index is 11.9. The molecule has 0 aliphatic rings. The average Bonchev–Trinajstić information content (AvgIpc) is 3.13. The van der Waals surface area contributed by atoms with Crippen LogP contribution in [-0.4, -0.2) is 34.1 Å². The molecule has 3 aromatic rings. The molecule has 0 spiro atoms. The van der Waals surface area contributed by atoms with E-state index in [1.165, 1.54) is 25.4 Å².